The van der Waals surface area contributed by atoms with Crippen molar-refractivity contribution in [1.82, 2.24) is 0 Å². The lowest BCUT2D eigenvalue weighted by molar-refractivity contribution is 0.660. The molecule has 0 amide bonds. The SMILES string of the molecule is CC1(C)c2ccccc2-c2ccc(N(c3ccc(-c4cccc5c4sc4ccccc45)cc3)c3cc4oc5c6ccccc6c6ccccc6c5c4cc3-c3ccccc3)cc21. The third kappa shape index (κ3) is 5.09. The summed E-state index contributed by atoms with van der Waals surface area (Å²) in [5, 5.41) is 9.65. The van der Waals surface area contributed by atoms with Crippen LogP contribution in [0.15, 0.2) is 205 Å². The predicted molar refractivity (Wildman–Crippen MR) is 265 cm³/mol. The van der Waals surface area contributed by atoms with E-state index in [9.17, 15) is 0 Å². The van der Waals surface area contributed by atoms with Gasteiger partial charge in [0.15, 0.2) is 0 Å². The van der Waals surface area contributed by atoms with Crippen molar-refractivity contribution < 1.29 is 4.42 Å². The molecular formula is C59H39NOS. The van der Waals surface area contributed by atoms with Crippen LogP contribution in [0.4, 0.5) is 17.1 Å². The van der Waals surface area contributed by atoms with Crippen LogP contribution >= 0.6 is 11.3 Å². The van der Waals surface area contributed by atoms with Gasteiger partial charge in [0.25, 0.3) is 0 Å². The third-order valence-corrected chi connectivity index (χ3v) is 14.7. The highest BCUT2D eigenvalue weighted by Crippen LogP contribution is 2.53. The van der Waals surface area contributed by atoms with Crippen LogP contribution < -0.4 is 4.90 Å². The smallest absolute Gasteiger partial charge is 0.143 e. The summed E-state index contributed by atoms with van der Waals surface area (Å²) in [4.78, 5) is 2.45. The molecule has 62 heavy (non-hydrogen) atoms. The fraction of sp³-hybridized carbons (Fsp3) is 0.0508. The van der Waals surface area contributed by atoms with Crippen LogP contribution in [-0.4, -0.2) is 0 Å². The summed E-state index contributed by atoms with van der Waals surface area (Å²) in [6.45, 7) is 4.72. The molecule has 0 spiro atoms. The number of thiophene rings is 1. The average molecular weight is 810 g/mol. The van der Waals surface area contributed by atoms with E-state index in [1.807, 2.05) is 11.3 Å². The van der Waals surface area contributed by atoms with Crippen molar-refractivity contribution in [2.75, 3.05) is 4.90 Å². The molecule has 0 saturated heterocycles. The molecule has 10 aromatic carbocycles. The molecule has 0 saturated carbocycles. The van der Waals surface area contributed by atoms with Crippen LogP contribution in [0.5, 0.6) is 0 Å². The first-order valence-electron chi connectivity index (χ1n) is 21.4. The minimum Gasteiger partial charge on any atom is -0.455 e. The van der Waals surface area contributed by atoms with Gasteiger partial charge in [-0.1, -0.05) is 172 Å². The van der Waals surface area contributed by atoms with E-state index in [1.165, 1.54) is 69.7 Å². The standard InChI is InChI=1S/C59H39NOS/c1-59(2)51-25-12-10-19-43(51)44-32-31-39(33-52(44)59)60(38-29-27-37(28-30-38)40-23-14-24-48-45-20-11-13-26-55(45)62-58(40)48)53-35-54-50(34-49(53)36-15-4-3-5-16-36)56-46-21-8-6-17-41(46)42-18-7-9-22-47(42)57(56)61-54/h3-35H,1-2H3. The maximum Gasteiger partial charge on any atom is 0.143 e. The van der Waals surface area contributed by atoms with Crippen LogP contribution in [0, 0.1) is 0 Å². The van der Waals surface area contributed by atoms with Crippen LogP contribution in [0.3, 0.4) is 0 Å². The normalized spacial score (nSPS) is 13.1. The Balaban J connectivity index is 1.08. The Labute approximate surface area is 363 Å². The Morgan fingerprint density at radius 3 is 1.85 bits per heavy atom. The van der Waals surface area contributed by atoms with E-state index in [-0.39, 0.29) is 5.41 Å². The van der Waals surface area contributed by atoms with Crippen LogP contribution in [0.1, 0.15) is 25.0 Å². The van der Waals surface area contributed by atoms with Crippen molar-refractivity contribution in [3.05, 3.63) is 211 Å². The molecule has 0 N–H and O–H groups in total. The second-order valence-electron chi connectivity index (χ2n) is 17.2. The van der Waals surface area contributed by atoms with Crippen molar-refractivity contribution >= 4 is 92.1 Å². The van der Waals surface area contributed by atoms with Crippen molar-refractivity contribution in [2.45, 2.75) is 19.3 Å². The Kier molecular flexibility index (Phi) is 7.56. The van der Waals surface area contributed by atoms with Crippen LogP contribution in [0.2, 0.25) is 0 Å². The van der Waals surface area contributed by atoms with E-state index in [2.05, 4.69) is 219 Å². The van der Waals surface area contributed by atoms with E-state index in [4.69, 9.17) is 4.42 Å². The molecule has 12 aromatic rings. The number of anilines is 3. The summed E-state index contributed by atoms with van der Waals surface area (Å²) in [6, 6.07) is 73.5. The number of hydrogen-bond donors (Lipinski definition) is 0. The molecule has 2 aromatic heterocycles. The van der Waals surface area contributed by atoms with E-state index < -0.39 is 0 Å². The Bertz CT molecular complexity index is 3780. The summed E-state index contributed by atoms with van der Waals surface area (Å²) in [7, 11) is 0. The van der Waals surface area contributed by atoms with Crippen LogP contribution in [0.25, 0.3) is 97.0 Å². The van der Waals surface area contributed by atoms with Gasteiger partial charge >= 0.3 is 0 Å². The molecule has 292 valence electrons. The van der Waals surface area contributed by atoms with Crippen molar-refractivity contribution in [3.8, 4) is 33.4 Å². The van der Waals surface area contributed by atoms with E-state index >= 15 is 0 Å². The highest BCUT2D eigenvalue weighted by molar-refractivity contribution is 7.26. The molecule has 0 fully saturated rings. The number of furan rings is 1. The fourth-order valence-electron chi connectivity index (χ4n) is 10.5. The molecule has 3 heteroatoms. The molecule has 0 aliphatic heterocycles. The van der Waals surface area contributed by atoms with Gasteiger partial charge in [-0.15, -0.1) is 11.3 Å². The minimum absolute atomic E-state index is 0.159. The van der Waals surface area contributed by atoms with Gasteiger partial charge in [0, 0.05) is 64.8 Å². The summed E-state index contributed by atoms with van der Waals surface area (Å²) < 4.78 is 9.73. The summed E-state index contributed by atoms with van der Waals surface area (Å²) in [5.74, 6) is 0. The number of benzene rings is 10. The molecule has 0 radical (unpaired) electrons. The lowest BCUT2D eigenvalue weighted by atomic mass is 9.82. The number of hydrogen-bond acceptors (Lipinski definition) is 3. The second-order valence-corrected chi connectivity index (χ2v) is 18.2. The number of fused-ring (bicyclic) bond motifs is 14. The average Bonchev–Trinajstić information content (AvgIpc) is 3.97. The molecule has 1 aliphatic carbocycles. The molecule has 1 aliphatic rings. The predicted octanol–water partition coefficient (Wildman–Crippen LogP) is 17.4. The minimum atomic E-state index is -0.159. The Morgan fingerprint density at radius 2 is 1.03 bits per heavy atom. The molecular weight excluding hydrogens is 771 g/mol. The van der Waals surface area contributed by atoms with Gasteiger partial charge in [0.05, 0.1) is 5.69 Å². The molecule has 0 bridgehead atoms. The van der Waals surface area contributed by atoms with Gasteiger partial charge in [-0.05, 0) is 91.5 Å². The molecule has 0 unspecified atom stereocenters. The molecule has 2 heterocycles. The first-order chi connectivity index (χ1) is 30.5. The number of nitrogens with zero attached hydrogens (tertiary/aromatic N) is 1. The first kappa shape index (κ1) is 35.3. The van der Waals surface area contributed by atoms with Crippen molar-refractivity contribution in [1.29, 1.82) is 0 Å². The van der Waals surface area contributed by atoms with E-state index in [1.54, 1.807) is 0 Å². The van der Waals surface area contributed by atoms with Gasteiger partial charge in [-0.2, -0.15) is 0 Å². The highest BCUT2D eigenvalue weighted by atomic mass is 32.1. The fourth-order valence-corrected chi connectivity index (χ4v) is 11.7. The Morgan fingerprint density at radius 1 is 0.419 bits per heavy atom. The van der Waals surface area contributed by atoms with Gasteiger partial charge in [0.1, 0.15) is 11.2 Å². The molecule has 13 rings (SSSR count). The third-order valence-electron chi connectivity index (χ3n) is 13.5. The lowest BCUT2D eigenvalue weighted by Crippen LogP contribution is -2.17. The highest BCUT2D eigenvalue weighted by Gasteiger charge is 2.36. The first-order valence-corrected chi connectivity index (χ1v) is 22.2. The monoisotopic (exact) mass is 809 g/mol. The zero-order valence-corrected chi connectivity index (χ0v) is 35.1. The lowest BCUT2D eigenvalue weighted by Gasteiger charge is -2.30. The summed E-state index contributed by atoms with van der Waals surface area (Å²) >= 11 is 1.88. The van der Waals surface area contributed by atoms with Gasteiger partial charge < -0.3 is 9.32 Å². The quantitative estimate of drug-likeness (QED) is 0.161. The second kappa shape index (κ2) is 13.3. The van der Waals surface area contributed by atoms with Crippen molar-refractivity contribution in [3.63, 3.8) is 0 Å². The zero-order chi connectivity index (χ0) is 41.1. The van der Waals surface area contributed by atoms with E-state index in [0.29, 0.717) is 0 Å². The topological polar surface area (TPSA) is 16.4 Å². The van der Waals surface area contributed by atoms with Gasteiger partial charge in [0.2, 0.25) is 0 Å². The van der Waals surface area contributed by atoms with Crippen LogP contribution in [-0.2, 0) is 5.41 Å². The van der Waals surface area contributed by atoms with Gasteiger partial charge in [-0.3, -0.25) is 0 Å². The molecule has 0 atom stereocenters. The maximum absolute atomic E-state index is 7.09. The van der Waals surface area contributed by atoms with Crippen molar-refractivity contribution in [2.24, 2.45) is 0 Å². The summed E-state index contributed by atoms with van der Waals surface area (Å²) in [5.41, 5.74) is 14.9. The zero-order valence-electron chi connectivity index (χ0n) is 34.3. The summed E-state index contributed by atoms with van der Waals surface area (Å²) in [6.07, 6.45) is 0. The number of rotatable bonds is 5. The van der Waals surface area contributed by atoms with E-state index in [0.717, 1.165) is 55.5 Å². The molecule has 2 nitrogen and oxygen atoms in total. The van der Waals surface area contributed by atoms with Gasteiger partial charge in [-0.25, -0.2) is 0 Å². The Hall–Kier alpha value is -7.46. The maximum atomic E-state index is 7.09. The largest absolute Gasteiger partial charge is 0.455 e.